The summed E-state index contributed by atoms with van der Waals surface area (Å²) in [6.07, 6.45) is 5.17. The fourth-order valence-corrected chi connectivity index (χ4v) is 3.19. The average molecular weight is 340 g/mol. The summed E-state index contributed by atoms with van der Waals surface area (Å²) in [7, 11) is 3.93. The van der Waals surface area contributed by atoms with Gasteiger partial charge >= 0.3 is 0 Å². The predicted octanol–water partition coefficient (Wildman–Crippen LogP) is 4.23. The van der Waals surface area contributed by atoms with Crippen LogP contribution in [0.2, 0.25) is 0 Å². The maximum Gasteiger partial charge on any atom is 0.259 e. The topological polar surface area (TPSA) is 23.6 Å². The van der Waals surface area contributed by atoms with Gasteiger partial charge in [-0.3, -0.25) is 9.69 Å². The quantitative estimate of drug-likeness (QED) is 0.774. The zero-order chi connectivity index (χ0) is 18.7. The number of hydrogen-bond donors (Lipinski definition) is 0. The average Bonchev–Trinajstić information content (AvgIpc) is 2.87. The normalized spacial score (nSPS) is 18.9. The number of halogens is 1. The standard InChI is InChI=1S/C21H25FN2O/c1-7-17-18(8-2)21(25)24(19(17)9-3)20(14(4)23(5)6)15-10-12-16(22)13-11-15/h7-14,20H,1-2H2,3-6H3/b19-9+. The Hall–Kier alpha value is -2.46. The van der Waals surface area contributed by atoms with Crippen molar-refractivity contribution in [1.82, 2.24) is 9.80 Å². The lowest BCUT2D eigenvalue weighted by Crippen LogP contribution is -2.42. The largest absolute Gasteiger partial charge is 0.304 e. The molecule has 1 amide bonds. The van der Waals surface area contributed by atoms with E-state index in [1.807, 2.05) is 38.9 Å². The summed E-state index contributed by atoms with van der Waals surface area (Å²) < 4.78 is 13.4. The van der Waals surface area contributed by atoms with E-state index in [1.165, 1.54) is 12.1 Å². The predicted molar refractivity (Wildman–Crippen MR) is 100 cm³/mol. The monoisotopic (exact) mass is 340 g/mol. The van der Waals surface area contributed by atoms with Gasteiger partial charge in [-0.2, -0.15) is 0 Å². The van der Waals surface area contributed by atoms with E-state index in [2.05, 4.69) is 13.2 Å². The summed E-state index contributed by atoms with van der Waals surface area (Å²) in [4.78, 5) is 16.9. The lowest BCUT2D eigenvalue weighted by molar-refractivity contribution is -0.126. The van der Waals surface area contributed by atoms with Gasteiger partial charge < -0.3 is 4.90 Å². The van der Waals surface area contributed by atoms with Crippen LogP contribution in [0, 0.1) is 5.82 Å². The molecule has 1 aliphatic heterocycles. The van der Waals surface area contributed by atoms with Gasteiger partial charge in [-0.25, -0.2) is 4.39 Å². The Kier molecular flexibility index (Phi) is 5.75. The Morgan fingerprint density at radius 1 is 1.12 bits per heavy atom. The molecule has 1 aromatic carbocycles. The maximum atomic E-state index is 13.4. The van der Waals surface area contributed by atoms with Crippen LogP contribution in [0.3, 0.4) is 0 Å². The van der Waals surface area contributed by atoms with Crippen molar-refractivity contribution in [2.45, 2.75) is 25.9 Å². The second kappa shape index (κ2) is 7.62. The first kappa shape index (κ1) is 18.9. The highest BCUT2D eigenvalue weighted by atomic mass is 19.1. The van der Waals surface area contributed by atoms with Crippen molar-refractivity contribution in [3.63, 3.8) is 0 Å². The molecule has 0 aliphatic carbocycles. The third-order valence-electron chi connectivity index (χ3n) is 4.72. The number of likely N-dealkylation sites (N-methyl/N-ethyl adjacent to an activating group) is 1. The van der Waals surface area contributed by atoms with Crippen molar-refractivity contribution < 1.29 is 9.18 Å². The Labute approximate surface area is 149 Å². The van der Waals surface area contributed by atoms with E-state index in [9.17, 15) is 9.18 Å². The molecule has 4 heteroatoms. The molecule has 1 aliphatic rings. The number of carbonyl (C=O) groups is 1. The first-order valence-corrected chi connectivity index (χ1v) is 8.28. The van der Waals surface area contributed by atoms with Gasteiger partial charge in [0.1, 0.15) is 5.82 Å². The lowest BCUT2D eigenvalue weighted by atomic mass is 9.97. The number of benzene rings is 1. The van der Waals surface area contributed by atoms with E-state index < -0.39 is 0 Å². The van der Waals surface area contributed by atoms with E-state index in [0.29, 0.717) is 5.57 Å². The molecule has 25 heavy (non-hydrogen) atoms. The minimum atomic E-state index is -0.296. The highest BCUT2D eigenvalue weighted by Gasteiger charge is 2.39. The minimum absolute atomic E-state index is 0.0135. The van der Waals surface area contributed by atoms with E-state index in [0.717, 1.165) is 16.8 Å². The summed E-state index contributed by atoms with van der Waals surface area (Å²) in [5.74, 6) is -0.406. The van der Waals surface area contributed by atoms with E-state index >= 15 is 0 Å². The maximum absolute atomic E-state index is 13.4. The molecule has 2 atom stereocenters. The van der Waals surface area contributed by atoms with Crippen molar-refractivity contribution in [3.8, 4) is 0 Å². The van der Waals surface area contributed by atoms with Crippen molar-refractivity contribution in [2.24, 2.45) is 0 Å². The number of allylic oxidation sites excluding steroid dienone is 2. The molecule has 0 aromatic heterocycles. The molecule has 1 heterocycles. The van der Waals surface area contributed by atoms with Gasteiger partial charge in [-0.15, -0.1) is 0 Å². The highest BCUT2D eigenvalue weighted by Crippen LogP contribution is 2.40. The van der Waals surface area contributed by atoms with E-state index in [4.69, 9.17) is 0 Å². The Morgan fingerprint density at radius 3 is 2.12 bits per heavy atom. The van der Waals surface area contributed by atoms with Crippen LogP contribution in [0.4, 0.5) is 4.39 Å². The highest BCUT2D eigenvalue weighted by molar-refractivity contribution is 6.03. The van der Waals surface area contributed by atoms with Gasteiger partial charge in [0.05, 0.1) is 6.04 Å². The zero-order valence-electron chi connectivity index (χ0n) is 15.3. The summed E-state index contributed by atoms with van der Waals surface area (Å²) in [5.41, 5.74) is 3.00. The molecule has 0 bridgehead atoms. The van der Waals surface area contributed by atoms with Crippen molar-refractivity contribution in [3.05, 3.63) is 83.9 Å². The van der Waals surface area contributed by atoms with Crippen molar-refractivity contribution >= 4 is 5.91 Å². The SMILES string of the molecule is C=CC1=C(C=C)/C(=C\C)N(C(c2ccc(F)cc2)C(C)N(C)C)C1=O. The number of carbonyl (C=O) groups excluding carboxylic acids is 1. The molecule has 2 unspecified atom stereocenters. The smallest absolute Gasteiger partial charge is 0.259 e. The van der Waals surface area contributed by atoms with Crippen LogP contribution < -0.4 is 0 Å². The summed E-state index contributed by atoms with van der Waals surface area (Å²) >= 11 is 0. The lowest BCUT2D eigenvalue weighted by Gasteiger charge is -2.37. The molecular formula is C21H25FN2O. The molecule has 132 valence electrons. The van der Waals surface area contributed by atoms with Gasteiger partial charge in [0.2, 0.25) is 0 Å². The minimum Gasteiger partial charge on any atom is -0.304 e. The molecule has 0 spiro atoms. The van der Waals surface area contributed by atoms with Gasteiger partial charge in [0.25, 0.3) is 5.91 Å². The molecule has 0 radical (unpaired) electrons. The molecule has 0 fully saturated rings. The van der Waals surface area contributed by atoms with Crippen molar-refractivity contribution in [1.29, 1.82) is 0 Å². The van der Waals surface area contributed by atoms with Crippen LogP contribution in [-0.2, 0) is 4.79 Å². The molecular weight excluding hydrogens is 315 g/mol. The molecule has 0 N–H and O–H groups in total. The molecule has 1 aromatic rings. The number of hydrogen-bond acceptors (Lipinski definition) is 2. The number of amides is 1. The third kappa shape index (κ3) is 3.35. The van der Waals surface area contributed by atoms with E-state index in [1.54, 1.807) is 29.2 Å². The summed E-state index contributed by atoms with van der Waals surface area (Å²) in [6, 6.07) is 6.08. The van der Waals surface area contributed by atoms with Crippen LogP contribution >= 0.6 is 0 Å². The van der Waals surface area contributed by atoms with Gasteiger partial charge in [0.15, 0.2) is 0 Å². The van der Waals surface area contributed by atoms with Crippen LogP contribution in [0.15, 0.2) is 72.5 Å². The summed E-state index contributed by atoms with van der Waals surface area (Å²) in [5, 5.41) is 0. The fraction of sp³-hybridized carbons (Fsp3) is 0.286. The van der Waals surface area contributed by atoms with Gasteiger partial charge in [-0.05, 0) is 45.6 Å². The molecule has 2 rings (SSSR count). The Balaban J connectivity index is 2.62. The van der Waals surface area contributed by atoms with Crippen LogP contribution in [0.25, 0.3) is 0 Å². The molecule has 0 saturated carbocycles. The van der Waals surface area contributed by atoms with Gasteiger partial charge in [-0.1, -0.05) is 43.5 Å². The van der Waals surface area contributed by atoms with Crippen LogP contribution in [-0.4, -0.2) is 35.8 Å². The number of nitrogens with zero attached hydrogens (tertiary/aromatic N) is 2. The molecule has 3 nitrogen and oxygen atoms in total. The zero-order valence-corrected chi connectivity index (χ0v) is 15.3. The fourth-order valence-electron chi connectivity index (χ4n) is 3.19. The first-order valence-electron chi connectivity index (χ1n) is 8.28. The third-order valence-corrected chi connectivity index (χ3v) is 4.72. The van der Waals surface area contributed by atoms with Crippen molar-refractivity contribution in [2.75, 3.05) is 14.1 Å². The second-order valence-corrected chi connectivity index (χ2v) is 6.29. The second-order valence-electron chi connectivity index (χ2n) is 6.29. The molecule has 0 saturated heterocycles. The van der Waals surface area contributed by atoms with Gasteiger partial charge in [0, 0.05) is 22.9 Å². The van der Waals surface area contributed by atoms with E-state index in [-0.39, 0.29) is 23.8 Å². The Morgan fingerprint density at radius 2 is 1.68 bits per heavy atom. The first-order chi connectivity index (χ1) is 11.9. The summed E-state index contributed by atoms with van der Waals surface area (Å²) in [6.45, 7) is 11.6. The van der Waals surface area contributed by atoms with Crippen LogP contribution in [0.1, 0.15) is 25.5 Å². The number of rotatable bonds is 6. The van der Waals surface area contributed by atoms with Crippen LogP contribution in [0.5, 0.6) is 0 Å². The Bertz CT molecular complexity index is 744.